The van der Waals surface area contributed by atoms with Crippen molar-refractivity contribution >= 4 is 0 Å². The molecule has 0 atom stereocenters. The molecule has 1 N–H and O–H groups in total. The summed E-state index contributed by atoms with van der Waals surface area (Å²) in [6.45, 7) is 0. The summed E-state index contributed by atoms with van der Waals surface area (Å²) >= 11 is 0. The molecule has 0 aliphatic heterocycles. The highest BCUT2D eigenvalue weighted by Gasteiger charge is 1.89. The number of hydroxylamine groups is 2. The number of nitrogens with one attached hydrogen (secondary N) is 1. The normalized spacial score (nSPS) is 12.0. The Morgan fingerprint density at radius 3 is 1.67 bits per heavy atom. The number of hydrogen-bond acceptors (Lipinski definition) is 2. The summed E-state index contributed by atoms with van der Waals surface area (Å²) in [5, 5.41) is 10.3. The quantitative estimate of drug-likeness (QED) is 0.354. The van der Waals surface area contributed by atoms with Crippen LogP contribution < -0.4 is 5.43 Å². The highest BCUT2D eigenvalue weighted by atomic mass is 16.6. The summed E-state index contributed by atoms with van der Waals surface area (Å²) < 4.78 is -0.431. The van der Waals surface area contributed by atoms with Gasteiger partial charge in [-0.05, 0) is 0 Å². The van der Waals surface area contributed by atoms with Crippen LogP contribution >= 0.6 is 0 Å². The molecular formula is C3H10N2O. The molecule has 0 saturated carbocycles. The van der Waals surface area contributed by atoms with Gasteiger partial charge in [0.25, 0.3) is 0 Å². The summed E-state index contributed by atoms with van der Waals surface area (Å²) in [4.78, 5) is 0. The van der Waals surface area contributed by atoms with Crippen LogP contribution in [-0.4, -0.2) is 25.9 Å². The molecule has 0 spiro atoms. The molecule has 0 rings (SSSR count). The van der Waals surface area contributed by atoms with Crippen molar-refractivity contribution in [3.8, 4) is 0 Å². The van der Waals surface area contributed by atoms with E-state index in [4.69, 9.17) is 0 Å². The van der Waals surface area contributed by atoms with E-state index in [0.717, 1.165) is 0 Å². The monoisotopic (exact) mass is 90.1 g/mol. The van der Waals surface area contributed by atoms with E-state index in [2.05, 4.69) is 5.43 Å². The van der Waals surface area contributed by atoms with Crippen LogP contribution in [0.2, 0.25) is 0 Å². The SMILES string of the molecule is CN[N+](C)(C)[O-]. The van der Waals surface area contributed by atoms with Crippen molar-refractivity contribution in [3.63, 3.8) is 0 Å². The third-order valence-electron chi connectivity index (χ3n) is 0.539. The largest absolute Gasteiger partial charge is 0.612 e. The second-order valence-electron chi connectivity index (χ2n) is 1.57. The lowest BCUT2D eigenvalue weighted by Crippen LogP contribution is -2.43. The van der Waals surface area contributed by atoms with Gasteiger partial charge in [-0.2, -0.15) is 5.43 Å². The van der Waals surface area contributed by atoms with Gasteiger partial charge in [-0.3, -0.25) is 4.76 Å². The molecule has 0 amide bonds. The van der Waals surface area contributed by atoms with Gasteiger partial charge in [0, 0.05) is 7.05 Å². The summed E-state index contributed by atoms with van der Waals surface area (Å²) in [6, 6.07) is 0. The first-order valence-electron chi connectivity index (χ1n) is 1.80. The first-order chi connectivity index (χ1) is 2.56. The average molecular weight is 90.1 g/mol. The lowest BCUT2D eigenvalue weighted by Gasteiger charge is -2.30. The Bertz CT molecular complexity index is 38.5. The second-order valence-corrected chi connectivity index (χ2v) is 1.57. The summed E-state index contributed by atoms with van der Waals surface area (Å²) in [7, 11) is 4.65. The highest BCUT2D eigenvalue weighted by Crippen LogP contribution is 1.77. The van der Waals surface area contributed by atoms with E-state index in [9.17, 15) is 5.21 Å². The van der Waals surface area contributed by atoms with E-state index < -0.39 is 4.76 Å². The third-order valence-corrected chi connectivity index (χ3v) is 0.539. The van der Waals surface area contributed by atoms with Gasteiger partial charge in [0.15, 0.2) is 0 Å². The maximum absolute atomic E-state index is 10.3. The fourth-order valence-corrected chi connectivity index (χ4v) is 0. The molecule has 38 valence electrons. The Kier molecular flexibility index (Phi) is 1.52. The van der Waals surface area contributed by atoms with Gasteiger partial charge in [0.1, 0.15) is 0 Å². The zero-order chi connectivity index (χ0) is 5.21. The van der Waals surface area contributed by atoms with Gasteiger partial charge in [-0.25, -0.2) is 0 Å². The van der Waals surface area contributed by atoms with Gasteiger partial charge in [0.2, 0.25) is 0 Å². The van der Waals surface area contributed by atoms with Crippen LogP contribution in [0.4, 0.5) is 0 Å². The Morgan fingerprint density at radius 1 is 1.50 bits per heavy atom. The predicted octanol–water partition coefficient (Wildman–Crippen LogP) is -0.305. The summed E-state index contributed by atoms with van der Waals surface area (Å²) in [5.41, 5.74) is 2.49. The topological polar surface area (TPSA) is 35.1 Å². The van der Waals surface area contributed by atoms with Crippen molar-refractivity contribution in [2.75, 3.05) is 21.1 Å². The third kappa shape index (κ3) is 3.88. The molecule has 0 aliphatic carbocycles. The van der Waals surface area contributed by atoms with Gasteiger partial charge in [-0.15, -0.1) is 0 Å². The van der Waals surface area contributed by atoms with Crippen LogP contribution in [0, 0.1) is 5.21 Å². The minimum atomic E-state index is -0.431. The van der Waals surface area contributed by atoms with E-state index >= 15 is 0 Å². The Morgan fingerprint density at radius 2 is 1.67 bits per heavy atom. The molecule has 0 saturated heterocycles. The Hall–Kier alpha value is -0.120. The van der Waals surface area contributed by atoms with E-state index in [1.165, 1.54) is 14.1 Å². The fourth-order valence-electron chi connectivity index (χ4n) is 0. The van der Waals surface area contributed by atoms with Crippen LogP contribution in [0.15, 0.2) is 0 Å². The minimum Gasteiger partial charge on any atom is -0.612 e. The first kappa shape index (κ1) is 5.88. The zero-order valence-corrected chi connectivity index (χ0v) is 4.36. The van der Waals surface area contributed by atoms with E-state index in [0.29, 0.717) is 0 Å². The molecule has 3 heteroatoms. The molecule has 3 nitrogen and oxygen atoms in total. The standard InChI is InChI=1S/C3H10N2O/c1-4-5(2,3)6/h4H,1-3H3. The highest BCUT2D eigenvalue weighted by molar-refractivity contribution is 4.07. The molecule has 0 heterocycles. The molecular weight excluding hydrogens is 80.0 g/mol. The van der Waals surface area contributed by atoms with E-state index in [1.807, 2.05) is 0 Å². The number of nitrogens with zero attached hydrogens (tertiary/aromatic N) is 1. The van der Waals surface area contributed by atoms with Crippen molar-refractivity contribution in [2.45, 2.75) is 0 Å². The van der Waals surface area contributed by atoms with Crippen molar-refractivity contribution < 1.29 is 4.76 Å². The van der Waals surface area contributed by atoms with Crippen molar-refractivity contribution in [1.29, 1.82) is 0 Å². The lowest BCUT2D eigenvalue weighted by molar-refractivity contribution is -0.883. The van der Waals surface area contributed by atoms with Gasteiger partial charge >= 0.3 is 0 Å². The summed E-state index contributed by atoms with van der Waals surface area (Å²) in [6.07, 6.45) is 0. The molecule has 6 heavy (non-hydrogen) atoms. The lowest BCUT2D eigenvalue weighted by atomic mass is 11.1. The molecule has 0 aromatic carbocycles. The summed E-state index contributed by atoms with van der Waals surface area (Å²) in [5.74, 6) is 0. The maximum Gasteiger partial charge on any atom is 0.0853 e. The van der Waals surface area contributed by atoms with Crippen LogP contribution in [0.3, 0.4) is 0 Å². The number of rotatable bonds is 1. The van der Waals surface area contributed by atoms with Crippen LogP contribution in [0.5, 0.6) is 0 Å². The molecule has 0 fully saturated rings. The van der Waals surface area contributed by atoms with Crippen molar-refractivity contribution in [3.05, 3.63) is 5.21 Å². The van der Waals surface area contributed by atoms with Gasteiger partial charge in [0.05, 0.1) is 14.1 Å². The smallest absolute Gasteiger partial charge is 0.0853 e. The van der Waals surface area contributed by atoms with Gasteiger partial charge in [-0.1, -0.05) is 0 Å². The average Bonchev–Trinajstić information content (AvgIpc) is 1.35. The number of hydrogen-bond donors (Lipinski definition) is 1. The Labute approximate surface area is 37.7 Å². The van der Waals surface area contributed by atoms with E-state index in [1.54, 1.807) is 7.05 Å². The van der Waals surface area contributed by atoms with Gasteiger partial charge < -0.3 is 5.21 Å². The second kappa shape index (κ2) is 1.55. The molecule has 0 aliphatic rings. The molecule has 0 unspecified atom stereocenters. The number of quaternary nitrogens is 1. The predicted molar refractivity (Wildman–Crippen MR) is 24.5 cm³/mol. The zero-order valence-electron chi connectivity index (χ0n) is 4.36. The van der Waals surface area contributed by atoms with Crippen LogP contribution in [0.1, 0.15) is 0 Å². The molecule has 0 aromatic rings. The van der Waals surface area contributed by atoms with Crippen LogP contribution in [0.25, 0.3) is 0 Å². The molecule has 0 aromatic heterocycles. The maximum atomic E-state index is 10.3. The van der Waals surface area contributed by atoms with E-state index in [-0.39, 0.29) is 0 Å². The first-order valence-corrected chi connectivity index (χ1v) is 1.80. The molecule has 0 radical (unpaired) electrons. The van der Waals surface area contributed by atoms with Crippen LogP contribution in [-0.2, 0) is 0 Å². The fraction of sp³-hybridized carbons (Fsp3) is 1.00. The molecule has 0 bridgehead atoms. The minimum absolute atomic E-state index is 0.431. The Balaban J connectivity index is 3.17. The van der Waals surface area contributed by atoms with Crippen molar-refractivity contribution in [2.24, 2.45) is 0 Å². The van der Waals surface area contributed by atoms with Crippen molar-refractivity contribution in [1.82, 2.24) is 5.43 Å².